The van der Waals surface area contributed by atoms with Crippen molar-refractivity contribution in [3.05, 3.63) is 35.4 Å². The number of nitrogens with one attached hydrogen (secondary N) is 2. The zero-order chi connectivity index (χ0) is 25.9. The van der Waals surface area contributed by atoms with E-state index in [2.05, 4.69) is 37.6 Å². The number of nitriles is 1. The van der Waals surface area contributed by atoms with Crippen molar-refractivity contribution in [2.75, 3.05) is 13.1 Å². The standard InChI is InChI=1S/C29H40N4O3/c1-29(2,3)21-13-11-19(12-14-21)25(27(35)23-10-7-15-33(23)18-30)26(20-16-24(34)31-17-20)28(36)32-22-8-5-4-6-9-22/h11-14,20,22-23,25-26H,4-10,15-17H2,1-3H3,(H,31,34)(H,32,36)/t20?,23-,25?,26?/m1/s1. The average Bonchev–Trinajstić information content (AvgIpc) is 3.51. The van der Waals surface area contributed by atoms with Crippen LogP contribution in [0.15, 0.2) is 24.3 Å². The first kappa shape index (κ1) is 26.2. The molecule has 2 aliphatic heterocycles. The fraction of sp³-hybridized carbons (Fsp3) is 0.655. The van der Waals surface area contributed by atoms with Crippen LogP contribution in [0.25, 0.3) is 0 Å². The molecule has 194 valence electrons. The highest BCUT2D eigenvalue weighted by atomic mass is 16.2. The van der Waals surface area contributed by atoms with E-state index in [1.165, 1.54) is 6.42 Å². The van der Waals surface area contributed by atoms with Crippen molar-refractivity contribution >= 4 is 17.6 Å². The Morgan fingerprint density at radius 1 is 1.08 bits per heavy atom. The monoisotopic (exact) mass is 492 g/mol. The van der Waals surface area contributed by atoms with Crippen LogP contribution in [0.1, 0.15) is 89.2 Å². The molecular weight excluding hydrogens is 452 g/mol. The maximum absolute atomic E-state index is 14.2. The van der Waals surface area contributed by atoms with Gasteiger partial charge in [0.1, 0.15) is 0 Å². The molecule has 1 aromatic rings. The van der Waals surface area contributed by atoms with Crippen LogP contribution in [0.2, 0.25) is 0 Å². The number of carbonyl (C=O) groups excluding carboxylic acids is 3. The predicted molar refractivity (Wildman–Crippen MR) is 138 cm³/mol. The second-order valence-corrected chi connectivity index (χ2v) is 11.8. The summed E-state index contributed by atoms with van der Waals surface area (Å²) < 4.78 is 0. The van der Waals surface area contributed by atoms with Gasteiger partial charge in [-0.2, -0.15) is 5.26 Å². The number of Topliss-reactive ketones (excluding diaryl/α,β-unsaturated/α-hetero) is 1. The van der Waals surface area contributed by atoms with Crippen molar-refractivity contribution in [3.8, 4) is 6.19 Å². The van der Waals surface area contributed by atoms with E-state index >= 15 is 0 Å². The number of ketones is 1. The van der Waals surface area contributed by atoms with Crippen molar-refractivity contribution in [3.63, 3.8) is 0 Å². The minimum atomic E-state index is -0.709. The highest BCUT2D eigenvalue weighted by molar-refractivity contribution is 5.96. The molecule has 1 aliphatic carbocycles. The molecule has 3 unspecified atom stereocenters. The number of hydrogen-bond acceptors (Lipinski definition) is 5. The normalized spacial score (nSPS) is 24.6. The molecule has 2 amide bonds. The van der Waals surface area contributed by atoms with E-state index in [-0.39, 0.29) is 41.4 Å². The van der Waals surface area contributed by atoms with E-state index in [9.17, 15) is 19.6 Å². The summed E-state index contributed by atoms with van der Waals surface area (Å²) in [6, 6.07) is 7.61. The first-order chi connectivity index (χ1) is 17.2. The third kappa shape index (κ3) is 5.74. The Morgan fingerprint density at radius 2 is 1.78 bits per heavy atom. The Hall–Kier alpha value is -2.88. The zero-order valence-electron chi connectivity index (χ0n) is 21.9. The minimum Gasteiger partial charge on any atom is -0.356 e. The van der Waals surface area contributed by atoms with Crippen molar-refractivity contribution in [2.24, 2.45) is 11.8 Å². The molecule has 0 spiro atoms. The van der Waals surface area contributed by atoms with Gasteiger partial charge in [-0.25, -0.2) is 0 Å². The highest BCUT2D eigenvalue weighted by Crippen LogP contribution is 2.39. The molecule has 1 aromatic carbocycles. The molecule has 36 heavy (non-hydrogen) atoms. The molecule has 2 N–H and O–H groups in total. The maximum atomic E-state index is 14.2. The smallest absolute Gasteiger partial charge is 0.224 e. The largest absolute Gasteiger partial charge is 0.356 e. The maximum Gasteiger partial charge on any atom is 0.224 e. The van der Waals surface area contributed by atoms with E-state index in [0.29, 0.717) is 19.5 Å². The summed E-state index contributed by atoms with van der Waals surface area (Å²) in [5, 5.41) is 15.8. The van der Waals surface area contributed by atoms with Gasteiger partial charge in [0, 0.05) is 25.6 Å². The molecule has 4 atom stereocenters. The van der Waals surface area contributed by atoms with Crippen LogP contribution in [0, 0.1) is 23.3 Å². The number of carbonyl (C=O) groups is 3. The molecule has 3 fully saturated rings. The summed E-state index contributed by atoms with van der Waals surface area (Å²) >= 11 is 0. The zero-order valence-corrected chi connectivity index (χ0v) is 21.9. The Morgan fingerprint density at radius 3 is 2.36 bits per heavy atom. The third-order valence-electron chi connectivity index (χ3n) is 8.28. The summed E-state index contributed by atoms with van der Waals surface area (Å²) in [6.07, 6.45) is 9.08. The number of hydrogen-bond donors (Lipinski definition) is 2. The van der Waals surface area contributed by atoms with Crippen LogP contribution in [-0.4, -0.2) is 47.7 Å². The van der Waals surface area contributed by atoms with Crippen LogP contribution < -0.4 is 10.6 Å². The number of likely N-dealkylation sites (tertiary alicyclic amines) is 1. The quantitative estimate of drug-likeness (QED) is 0.564. The second-order valence-electron chi connectivity index (χ2n) is 11.8. The van der Waals surface area contributed by atoms with Gasteiger partial charge in [-0.3, -0.25) is 14.4 Å². The van der Waals surface area contributed by atoms with Gasteiger partial charge in [-0.05, 0) is 48.1 Å². The van der Waals surface area contributed by atoms with E-state index in [0.717, 1.165) is 43.2 Å². The molecule has 3 aliphatic rings. The molecule has 7 nitrogen and oxygen atoms in total. The van der Waals surface area contributed by atoms with Crippen molar-refractivity contribution in [2.45, 2.75) is 95.6 Å². The number of benzene rings is 1. The van der Waals surface area contributed by atoms with E-state index in [1.54, 1.807) is 4.90 Å². The highest BCUT2D eigenvalue weighted by Gasteiger charge is 2.46. The van der Waals surface area contributed by atoms with Crippen molar-refractivity contribution < 1.29 is 14.4 Å². The molecule has 1 saturated carbocycles. The van der Waals surface area contributed by atoms with Gasteiger partial charge in [0.2, 0.25) is 11.8 Å². The lowest BCUT2D eigenvalue weighted by Gasteiger charge is -2.34. The molecule has 2 saturated heterocycles. The van der Waals surface area contributed by atoms with Crippen LogP contribution in [0.3, 0.4) is 0 Å². The number of nitrogens with zero attached hydrogens (tertiary/aromatic N) is 2. The Kier molecular flexibility index (Phi) is 8.02. The summed E-state index contributed by atoms with van der Waals surface area (Å²) in [4.78, 5) is 41.9. The van der Waals surface area contributed by atoms with E-state index in [4.69, 9.17) is 0 Å². The molecule has 2 heterocycles. The second kappa shape index (κ2) is 11.0. The number of amides is 2. The lowest BCUT2D eigenvalue weighted by atomic mass is 9.72. The molecule has 4 rings (SSSR count). The molecule has 0 radical (unpaired) electrons. The molecular formula is C29H40N4O3. The predicted octanol–water partition coefficient (Wildman–Crippen LogP) is 3.78. The van der Waals surface area contributed by atoms with Crippen LogP contribution >= 0.6 is 0 Å². The first-order valence-electron chi connectivity index (χ1n) is 13.6. The Bertz CT molecular complexity index is 1000. The van der Waals surface area contributed by atoms with E-state index < -0.39 is 17.9 Å². The average molecular weight is 493 g/mol. The van der Waals surface area contributed by atoms with Gasteiger partial charge in [-0.15, -0.1) is 0 Å². The number of rotatable bonds is 7. The van der Waals surface area contributed by atoms with Gasteiger partial charge >= 0.3 is 0 Å². The van der Waals surface area contributed by atoms with Gasteiger partial charge in [0.25, 0.3) is 0 Å². The van der Waals surface area contributed by atoms with Crippen molar-refractivity contribution in [1.82, 2.24) is 15.5 Å². The fourth-order valence-electron chi connectivity index (χ4n) is 6.19. The SMILES string of the molecule is CC(C)(C)c1ccc(C(C(=O)[C@H]2CCCN2C#N)C(C(=O)NC2CCCCC2)C2CNC(=O)C2)cc1. The van der Waals surface area contributed by atoms with Gasteiger partial charge in [0.15, 0.2) is 12.0 Å². The summed E-state index contributed by atoms with van der Waals surface area (Å²) in [5.74, 6) is -1.94. The van der Waals surface area contributed by atoms with Crippen LogP contribution in [0.4, 0.5) is 0 Å². The van der Waals surface area contributed by atoms with Gasteiger partial charge in [-0.1, -0.05) is 64.3 Å². The van der Waals surface area contributed by atoms with Gasteiger partial charge in [0.05, 0.1) is 17.9 Å². The minimum absolute atomic E-state index is 0.0410. The Labute approximate surface area is 215 Å². The summed E-state index contributed by atoms with van der Waals surface area (Å²) in [6.45, 7) is 7.38. The van der Waals surface area contributed by atoms with Crippen molar-refractivity contribution in [1.29, 1.82) is 5.26 Å². The Balaban J connectivity index is 1.73. The molecule has 0 aromatic heterocycles. The molecule has 7 heteroatoms. The molecule has 0 bridgehead atoms. The fourth-order valence-corrected chi connectivity index (χ4v) is 6.19. The third-order valence-corrected chi connectivity index (χ3v) is 8.28. The van der Waals surface area contributed by atoms with E-state index in [1.807, 2.05) is 24.3 Å². The van der Waals surface area contributed by atoms with Gasteiger partial charge < -0.3 is 15.5 Å². The van der Waals surface area contributed by atoms with Crippen LogP contribution in [-0.2, 0) is 19.8 Å². The van der Waals surface area contributed by atoms with Crippen LogP contribution in [0.5, 0.6) is 0 Å². The lowest BCUT2D eigenvalue weighted by molar-refractivity contribution is -0.135. The summed E-state index contributed by atoms with van der Waals surface area (Å²) in [5.41, 5.74) is 1.90. The summed E-state index contributed by atoms with van der Waals surface area (Å²) in [7, 11) is 0. The topological polar surface area (TPSA) is 102 Å². The lowest BCUT2D eigenvalue weighted by Crippen LogP contribution is -2.48. The first-order valence-corrected chi connectivity index (χ1v) is 13.6.